The Balaban J connectivity index is 2.37. The fraction of sp³-hybridized carbons (Fsp3) is 0.286. The molecule has 1 heterocycles. The first-order chi connectivity index (χ1) is 7.81. The lowest BCUT2D eigenvalue weighted by Crippen LogP contribution is -1.97. The number of nitrogens with zero attached hydrogens (tertiary/aromatic N) is 2. The molecule has 16 heavy (non-hydrogen) atoms. The lowest BCUT2D eigenvalue weighted by Gasteiger charge is -2.06. The highest BCUT2D eigenvalue weighted by molar-refractivity contribution is 5.60. The van der Waals surface area contributed by atoms with Gasteiger partial charge >= 0.3 is 0 Å². The van der Waals surface area contributed by atoms with E-state index in [0.29, 0.717) is 0 Å². The third-order valence-electron chi connectivity index (χ3n) is 2.55. The van der Waals surface area contributed by atoms with Crippen molar-refractivity contribution >= 4 is 0 Å². The molecular weight excluding hydrogens is 196 g/mol. The van der Waals surface area contributed by atoms with Crippen LogP contribution in [0.15, 0.2) is 36.5 Å². The van der Waals surface area contributed by atoms with Crippen LogP contribution in [0.4, 0.5) is 0 Å². The predicted molar refractivity (Wildman–Crippen MR) is 66.2 cm³/mol. The monoisotopic (exact) mass is 212 g/mol. The summed E-state index contributed by atoms with van der Waals surface area (Å²) < 4.78 is 0. The average molecular weight is 212 g/mol. The molecule has 0 saturated heterocycles. The summed E-state index contributed by atoms with van der Waals surface area (Å²) in [5, 5.41) is 0. The van der Waals surface area contributed by atoms with Crippen molar-refractivity contribution in [1.82, 2.24) is 9.97 Å². The average Bonchev–Trinajstić information content (AvgIpc) is 2.31. The third kappa shape index (κ3) is 2.27. The summed E-state index contributed by atoms with van der Waals surface area (Å²) in [6.45, 7) is 4.18. The van der Waals surface area contributed by atoms with Crippen molar-refractivity contribution in [2.75, 3.05) is 0 Å². The third-order valence-corrected chi connectivity index (χ3v) is 2.55. The zero-order valence-corrected chi connectivity index (χ0v) is 9.77. The standard InChI is InChI=1S/C14H16N2/c1-3-7-13-10-15-14(11(2)16-13)12-8-5-4-6-9-12/h4-6,8-10H,3,7H2,1-2H3. The summed E-state index contributed by atoms with van der Waals surface area (Å²) in [6, 6.07) is 10.2. The van der Waals surface area contributed by atoms with Gasteiger partial charge in [0, 0.05) is 11.8 Å². The molecule has 0 atom stereocenters. The van der Waals surface area contributed by atoms with Crippen molar-refractivity contribution in [2.45, 2.75) is 26.7 Å². The summed E-state index contributed by atoms with van der Waals surface area (Å²) >= 11 is 0. The Labute approximate surface area is 96.4 Å². The van der Waals surface area contributed by atoms with Gasteiger partial charge in [-0.3, -0.25) is 9.97 Å². The van der Waals surface area contributed by atoms with Crippen LogP contribution in [-0.4, -0.2) is 9.97 Å². The molecule has 0 fully saturated rings. The number of hydrogen-bond acceptors (Lipinski definition) is 2. The predicted octanol–water partition coefficient (Wildman–Crippen LogP) is 3.40. The number of rotatable bonds is 3. The SMILES string of the molecule is CCCc1cnc(-c2ccccc2)c(C)n1. The van der Waals surface area contributed by atoms with Crippen LogP contribution in [0, 0.1) is 6.92 Å². The minimum Gasteiger partial charge on any atom is -0.254 e. The van der Waals surface area contributed by atoms with Gasteiger partial charge in [-0.2, -0.15) is 0 Å². The second-order valence-corrected chi connectivity index (χ2v) is 3.91. The Kier molecular flexibility index (Phi) is 3.30. The molecule has 82 valence electrons. The maximum atomic E-state index is 4.58. The van der Waals surface area contributed by atoms with Crippen LogP contribution in [-0.2, 0) is 6.42 Å². The van der Waals surface area contributed by atoms with Crippen LogP contribution in [0.1, 0.15) is 24.7 Å². The Morgan fingerprint density at radius 3 is 2.50 bits per heavy atom. The number of hydrogen-bond donors (Lipinski definition) is 0. The molecule has 0 aliphatic heterocycles. The van der Waals surface area contributed by atoms with E-state index in [1.54, 1.807) is 0 Å². The summed E-state index contributed by atoms with van der Waals surface area (Å²) in [5.41, 5.74) is 4.22. The number of benzene rings is 1. The van der Waals surface area contributed by atoms with E-state index in [0.717, 1.165) is 35.5 Å². The van der Waals surface area contributed by atoms with Crippen molar-refractivity contribution < 1.29 is 0 Å². The van der Waals surface area contributed by atoms with Gasteiger partial charge in [-0.15, -0.1) is 0 Å². The van der Waals surface area contributed by atoms with E-state index in [1.807, 2.05) is 31.3 Å². The molecule has 0 aliphatic carbocycles. The van der Waals surface area contributed by atoms with Gasteiger partial charge in [0.25, 0.3) is 0 Å². The van der Waals surface area contributed by atoms with Crippen LogP contribution in [0.25, 0.3) is 11.3 Å². The fourth-order valence-corrected chi connectivity index (χ4v) is 1.79. The highest BCUT2D eigenvalue weighted by Crippen LogP contribution is 2.19. The lowest BCUT2D eigenvalue weighted by atomic mass is 10.1. The fourth-order valence-electron chi connectivity index (χ4n) is 1.79. The molecule has 2 heteroatoms. The van der Waals surface area contributed by atoms with Crippen molar-refractivity contribution in [3.8, 4) is 11.3 Å². The first-order valence-electron chi connectivity index (χ1n) is 5.69. The van der Waals surface area contributed by atoms with E-state index in [-0.39, 0.29) is 0 Å². The molecule has 1 aromatic heterocycles. The first-order valence-corrected chi connectivity index (χ1v) is 5.69. The highest BCUT2D eigenvalue weighted by Gasteiger charge is 2.04. The summed E-state index contributed by atoms with van der Waals surface area (Å²) in [4.78, 5) is 9.08. The molecule has 2 nitrogen and oxygen atoms in total. The van der Waals surface area contributed by atoms with E-state index in [1.165, 1.54) is 0 Å². The maximum absolute atomic E-state index is 4.58. The van der Waals surface area contributed by atoms with Crippen LogP contribution >= 0.6 is 0 Å². The van der Waals surface area contributed by atoms with Gasteiger partial charge in [-0.25, -0.2) is 0 Å². The summed E-state index contributed by atoms with van der Waals surface area (Å²) in [7, 11) is 0. The molecule has 0 radical (unpaired) electrons. The largest absolute Gasteiger partial charge is 0.254 e. The smallest absolute Gasteiger partial charge is 0.0914 e. The Bertz CT molecular complexity index is 463. The molecule has 2 rings (SSSR count). The minimum atomic E-state index is 0.987. The van der Waals surface area contributed by atoms with Crippen molar-refractivity contribution in [2.24, 2.45) is 0 Å². The second-order valence-electron chi connectivity index (χ2n) is 3.91. The van der Waals surface area contributed by atoms with Crippen molar-refractivity contribution in [3.63, 3.8) is 0 Å². The summed E-state index contributed by atoms with van der Waals surface area (Å²) in [6.07, 6.45) is 4.00. The van der Waals surface area contributed by atoms with Gasteiger partial charge in [0.1, 0.15) is 0 Å². The zero-order valence-electron chi connectivity index (χ0n) is 9.77. The van der Waals surface area contributed by atoms with E-state index in [9.17, 15) is 0 Å². The second kappa shape index (κ2) is 4.88. The topological polar surface area (TPSA) is 25.8 Å². The molecule has 0 saturated carbocycles. The van der Waals surface area contributed by atoms with Crippen molar-refractivity contribution in [1.29, 1.82) is 0 Å². The zero-order chi connectivity index (χ0) is 11.4. The number of aromatic nitrogens is 2. The van der Waals surface area contributed by atoms with Crippen molar-refractivity contribution in [3.05, 3.63) is 47.9 Å². The molecule has 1 aromatic carbocycles. The maximum Gasteiger partial charge on any atom is 0.0914 e. The van der Waals surface area contributed by atoms with Gasteiger partial charge in [-0.1, -0.05) is 43.7 Å². The van der Waals surface area contributed by atoms with E-state index < -0.39 is 0 Å². The highest BCUT2D eigenvalue weighted by atomic mass is 14.8. The molecule has 0 amide bonds. The van der Waals surface area contributed by atoms with Crippen LogP contribution < -0.4 is 0 Å². The van der Waals surface area contributed by atoms with Crippen LogP contribution in [0.2, 0.25) is 0 Å². The first kappa shape index (κ1) is 10.8. The molecule has 0 bridgehead atoms. The minimum absolute atomic E-state index is 0.987. The Hall–Kier alpha value is -1.70. The van der Waals surface area contributed by atoms with E-state index in [2.05, 4.69) is 29.0 Å². The van der Waals surface area contributed by atoms with Gasteiger partial charge in [0.15, 0.2) is 0 Å². The normalized spacial score (nSPS) is 10.4. The van der Waals surface area contributed by atoms with Crippen LogP contribution in [0.3, 0.4) is 0 Å². The molecule has 0 aliphatic rings. The van der Waals surface area contributed by atoms with Crippen LogP contribution in [0.5, 0.6) is 0 Å². The molecule has 0 spiro atoms. The van der Waals surface area contributed by atoms with Gasteiger partial charge in [0.2, 0.25) is 0 Å². The summed E-state index contributed by atoms with van der Waals surface area (Å²) in [5.74, 6) is 0. The Morgan fingerprint density at radius 2 is 1.88 bits per heavy atom. The molecule has 2 aromatic rings. The Morgan fingerprint density at radius 1 is 1.12 bits per heavy atom. The van der Waals surface area contributed by atoms with E-state index >= 15 is 0 Å². The molecular formula is C14H16N2. The van der Waals surface area contributed by atoms with Gasteiger partial charge in [0.05, 0.1) is 17.1 Å². The molecule has 0 unspecified atom stereocenters. The lowest BCUT2D eigenvalue weighted by molar-refractivity contribution is 0.862. The van der Waals surface area contributed by atoms with Gasteiger partial charge in [-0.05, 0) is 13.3 Å². The van der Waals surface area contributed by atoms with Gasteiger partial charge < -0.3 is 0 Å². The van der Waals surface area contributed by atoms with E-state index in [4.69, 9.17) is 0 Å². The molecule has 0 N–H and O–H groups in total. The quantitative estimate of drug-likeness (QED) is 0.779. The number of aryl methyl sites for hydroxylation is 2.